The molecule has 1 heterocycles. The van der Waals surface area contributed by atoms with E-state index in [0.29, 0.717) is 0 Å². The van der Waals surface area contributed by atoms with Crippen LogP contribution in [0.3, 0.4) is 0 Å². The lowest BCUT2D eigenvalue weighted by Gasteiger charge is -2.32. The summed E-state index contributed by atoms with van der Waals surface area (Å²) in [6.45, 7) is 6.83. The number of hydrogen-bond acceptors (Lipinski definition) is 4. The second-order valence-electron chi connectivity index (χ2n) is 6.40. The third-order valence-corrected chi connectivity index (χ3v) is 4.36. The summed E-state index contributed by atoms with van der Waals surface area (Å²) in [6, 6.07) is 8.05. The van der Waals surface area contributed by atoms with Crippen molar-refractivity contribution in [3.05, 3.63) is 35.9 Å². The fraction of sp³-hybridized carbons (Fsp3) is 0.579. The standard InChI is InChI=1S/C19H30N2O2/c1-16(22)15-21-12-9-17(10-13-21)14-20-11-5-7-18-6-3-4-8-19(18)23-2/h3-8,16-17,20,22H,9-15H2,1-2H3/b7-5-/t16-/m1/s1. The summed E-state index contributed by atoms with van der Waals surface area (Å²) in [5, 5.41) is 13.0. The van der Waals surface area contributed by atoms with E-state index in [1.807, 2.05) is 25.1 Å². The molecule has 0 radical (unpaired) electrons. The highest BCUT2D eigenvalue weighted by atomic mass is 16.5. The number of aliphatic hydroxyl groups excluding tert-OH is 1. The third-order valence-electron chi connectivity index (χ3n) is 4.36. The van der Waals surface area contributed by atoms with Crippen LogP contribution in [0.5, 0.6) is 5.75 Å². The molecule has 23 heavy (non-hydrogen) atoms. The van der Waals surface area contributed by atoms with E-state index < -0.39 is 0 Å². The summed E-state index contributed by atoms with van der Waals surface area (Å²) >= 11 is 0. The van der Waals surface area contributed by atoms with Gasteiger partial charge in [0.15, 0.2) is 0 Å². The number of para-hydroxylation sites is 1. The minimum atomic E-state index is -0.218. The Hall–Kier alpha value is -1.36. The Morgan fingerprint density at radius 3 is 2.78 bits per heavy atom. The number of nitrogens with one attached hydrogen (secondary N) is 1. The van der Waals surface area contributed by atoms with Crippen molar-refractivity contribution >= 4 is 6.08 Å². The molecule has 0 unspecified atom stereocenters. The zero-order valence-corrected chi connectivity index (χ0v) is 14.4. The lowest BCUT2D eigenvalue weighted by molar-refractivity contribution is 0.100. The van der Waals surface area contributed by atoms with E-state index in [2.05, 4.69) is 28.4 Å². The van der Waals surface area contributed by atoms with Crippen LogP contribution in [0, 0.1) is 5.92 Å². The molecular formula is C19H30N2O2. The van der Waals surface area contributed by atoms with Gasteiger partial charge in [0.2, 0.25) is 0 Å². The van der Waals surface area contributed by atoms with Gasteiger partial charge in [-0.3, -0.25) is 0 Å². The van der Waals surface area contributed by atoms with Gasteiger partial charge in [-0.25, -0.2) is 0 Å². The van der Waals surface area contributed by atoms with Gasteiger partial charge in [0.1, 0.15) is 5.75 Å². The largest absolute Gasteiger partial charge is 0.496 e. The lowest BCUT2D eigenvalue weighted by atomic mass is 9.96. The average Bonchev–Trinajstić information content (AvgIpc) is 2.56. The molecule has 0 saturated carbocycles. The molecule has 0 bridgehead atoms. The second kappa shape index (κ2) is 9.71. The molecule has 0 aromatic heterocycles. The first-order valence-electron chi connectivity index (χ1n) is 8.59. The van der Waals surface area contributed by atoms with Gasteiger partial charge < -0.3 is 20.1 Å². The van der Waals surface area contributed by atoms with Crippen LogP contribution in [0.1, 0.15) is 25.3 Å². The van der Waals surface area contributed by atoms with E-state index in [1.165, 1.54) is 12.8 Å². The van der Waals surface area contributed by atoms with Gasteiger partial charge in [0.05, 0.1) is 13.2 Å². The highest BCUT2D eigenvalue weighted by Gasteiger charge is 2.19. The molecule has 0 spiro atoms. The Bertz CT molecular complexity index is 480. The summed E-state index contributed by atoms with van der Waals surface area (Å²) in [7, 11) is 1.70. The smallest absolute Gasteiger partial charge is 0.126 e. The van der Waals surface area contributed by atoms with Crippen molar-refractivity contribution in [1.82, 2.24) is 10.2 Å². The molecule has 2 rings (SSSR count). The zero-order chi connectivity index (χ0) is 16.5. The molecule has 1 aromatic carbocycles. The van der Waals surface area contributed by atoms with E-state index >= 15 is 0 Å². The lowest BCUT2D eigenvalue weighted by Crippen LogP contribution is -2.40. The predicted molar refractivity (Wildman–Crippen MR) is 95.7 cm³/mol. The second-order valence-corrected chi connectivity index (χ2v) is 6.40. The molecule has 0 aliphatic carbocycles. The van der Waals surface area contributed by atoms with Crippen LogP contribution in [-0.4, -0.2) is 55.9 Å². The monoisotopic (exact) mass is 318 g/mol. The minimum Gasteiger partial charge on any atom is -0.496 e. The summed E-state index contributed by atoms with van der Waals surface area (Å²) in [6.07, 6.45) is 6.48. The van der Waals surface area contributed by atoms with Crippen LogP contribution in [0.4, 0.5) is 0 Å². The van der Waals surface area contributed by atoms with E-state index in [4.69, 9.17) is 4.74 Å². The van der Waals surface area contributed by atoms with Crippen LogP contribution in [0.2, 0.25) is 0 Å². The molecule has 2 N–H and O–H groups in total. The van der Waals surface area contributed by atoms with Crippen LogP contribution in [0.25, 0.3) is 6.08 Å². The average molecular weight is 318 g/mol. The molecule has 4 nitrogen and oxygen atoms in total. The molecule has 1 aromatic rings. The van der Waals surface area contributed by atoms with Crippen LogP contribution in [-0.2, 0) is 0 Å². The van der Waals surface area contributed by atoms with E-state index in [0.717, 1.165) is 50.0 Å². The Labute approximate surface area is 140 Å². The Balaban J connectivity index is 1.63. The van der Waals surface area contributed by atoms with Crippen LogP contribution < -0.4 is 10.1 Å². The number of piperidine rings is 1. The topological polar surface area (TPSA) is 44.7 Å². The van der Waals surface area contributed by atoms with Gasteiger partial charge >= 0.3 is 0 Å². The molecule has 1 aliphatic heterocycles. The first kappa shape index (κ1) is 18.0. The van der Waals surface area contributed by atoms with Crippen molar-refractivity contribution in [2.24, 2.45) is 5.92 Å². The fourth-order valence-electron chi connectivity index (χ4n) is 3.11. The molecule has 1 saturated heterocycles. The van der Waals surface area contributed by atoms with Gasteiger partial charge in [-0.1, -0.05) is 30.4 Å². The first-order chi connectivity index (χ1) is 11.2. The summed E-state index contributed by atoms with van der Waals surface area (Å²) < 4.78 is 5.34. The maximum Gasteiger partial charge on any atom is 0.126 e. The predicted octanol–water partition coefficient (Wildman–Crippen LogP) is 2.39. The number of methoxy groups -OCH3 is 1. The Morgan fingerprint density at radius 2 is 2.09 bits per heavy atom. The normalized spacial score (nSPS) is 18.4. The van der Waals surface area contributed by atoms with Gasteiger partial charge in [0.25, 0.3) is 0 Å². The first-order valence-corrected chi connectivity index (χ1v) is 8.59. The molecule has 128 valence electrons. The number of benzene rings is 1. The van der Waals surface area contributed by atoms with Crippen LogP contribution >= 0.6 is 0 Å². The van der Waals surface area contributed by atoms with Crippen LogP contribution in [0.15, 0.2) is 30.3 Å². The Kier molecular flexibility index (Phi) is 7.59. The molecular weight excluding hydrogens is 288 g/mol. The fourth-order valence-corrected chi connectivity index (χ4v) is 3.11. The number of nitrogens with zero attached hydrogens (tertiary/aromatic N) is 1. The Morgan fingerprint density at radius 1 is 1.35 bits per heavy atom. The van der Waals surface area contributed by atoms with Crippen molar-refractivity contribution in [3.8, 4) is 5.75 Å². The number of ether oxygens (including phenoxy) is 1. The van der Waals surface area contributed by atoms with Gasteiger partial charge in [0, 0.05) is 18.7 Å². The summed E-state index contributed by atoms with van der Waals surface area (Å²) in [5.41, 5.74) is 1.11. The van der Waals surface area contributed by atoms with E-state index in [-0.39, 0.29) is 6.10 Å². The molecule has 1 aliphatic rings. The summed E-state index contributed by atoms with van der Waals surface area (Å²) in [5.74, 6) is 1.66. The van der Waals surface area contributed by atoms with Gasteiger partial charge in [-0.2, -0.15) is 0 Å². The van der Waals surface area contributed by atoms with Crippen molar-refractivity contribution in [2.75, 3.05) is 39.8 Å². The van der Waals surface area contributed by atoms with Gasteiger partial charge in [-0.05, 0) is 51.4 Å². The van der Waals surface area contributed by atoms with Crippen molar-refractivity contribution in [2.45, 2.75) is 25.9 Å². The number of rotatable bonds is 8. The zero-order valence-electron chi connectivity index (χ0n) is 14.4. The number of likely N-dealkylation sites (tertiary alicyclic amines) is 1. The van der Waals surface area contributed by atoms with E-state index in [1.54, 1.807) is 7.11 Å². The van der Waals surface area contributed by atoms with Gasteiger partial charge in [-0.15, -0.1) is 0 Å². The van der Waals surface area contributed by atoms with E-state index in [9.17, 15) is 5.11 Å². The maximum absolute atomic E-state index is 9.43. The number of aliphatic hydroxyl groups is 1. The van der Waals surface area contributed by atoms with Crippen molar-refractivity contribution < 1.29 is 9.84 Å². The quantitative estimate of drug-likeness (QED) is 0.723. The molecule has 4 heteroatoms. The number of β-amino-alcohol motifs (C(OH)–C–C–N with tert-alkyl or cyclic N) is 1. The third kappa shape index (κ3) is 6.34. The molecule has 1 atom stereocenters. The highest BCUT2D eigenvalue weighted by Crippen LogP contribution is 2.18. The maximum atomic E-state index is 9.43. The molecule has 0 amide bonds. The van der Waals surface area contributed by atoms with Crippen molar-refractivity contribution in [3.63, 3.8) is 0 Å². The minimum absolute atomic E-state index is 0.218. The van der Waals surface area contributed by atoms with Crippen molar-refractivity contribution in [1.29, 1.82) is 0 Å². The summed E-state index contributed by atoms with van der Waals surface area (Å²) in [4.78, 5) is 2.36. The SMILES string of the molecule is COc1ccccc1/C=C\CNCC1CCN(C[C@@H](C)O)CC1. The number of hydrogen-bond donors (Lipinski definition) is 2. The highest BCUT2D eigenvalue weighted by molar-refractivity contribution is 5.57. The molecule has 1 fully saturated rings.